The highest BCUT2D eigenvalue weighted by atomic mass is 16.3. The van der Waals surface area contributed by atoms with E-state index < -0.39 is 6.10 Å². The summed E-state index contributed by atoms with van der Waals surface area (Å²) in [4.78, 5) is 13.7. The van der Waals surface area contributed by atoms with E-state index in [1.54, 1.807) is 4.90 Å². The summed E-state index contributed by atoms with van der Waals surface area (Å²) in [6, 6.07) is 9.83. The fourth-order valence-corrected chi connectivity index (χ4v) is 2.78. The maximum absolute atomic E-state index is 12.0. The van der Waals surface area contributed by atoms with Crippen LogP contribution in [-0.4, -0.2) is 51.6 Å². The first-order valence-corrected chi connectivity index (χ1v) is 8.02. The average Bonchev–Trinajstić information content (AvgIpc) is 3.04. The molecule has 1 aromatic heterocycles. The van der Waals surface area contributed by atoms with Crippen molar-refractivity contribution in [2.24, 2.45) is 0 Å². The topological polar surface area (TPSA) is 70.4 Å². The van der Waals surface area contributed by atoms with Gasteiger partial charge in [0.25, 0.3) is 0 Å². The molecule has 1 aliphatic rings. The second-order valence-electron chi connectivity index (χ2n) is 5.85. The molecule has 1 aromatic carbocycles. The van der Waals surface area contributed by atoms with Crippen molar-refractivity contribution in [2.45, 2.75) is 25.4 Å². The molecule has 6 nitrogen and oxygen atoms in total. The molecule has 2 heterocycles. The Morgan fingerprint density at radius 3 is 2.96 bits per heavy atom. The number of nitrogens with zero attached hydrogens (tertiary/aromatic N) is 3. The highest BCUT2D eigenvalue weighted by molar-refractivity contribution is 5.74. The number of carbonyl (C=O) groups excluding carboxylic acids is 1. The van der Waals surface area contributed by atoms with Gasteiger partial charge in [0.1, 0.15) is 0 Å². The zero-order chi connectivity index (χ0) is 16.1. The van der Waals surface area contributed by atoms with Crippen LogP contribution in [0.4, 0.5) is 4.79 Å². The predicted octanol–water partition coefficient (Wildman–Crippen LogP) is 1.58. The van der Waals surface area contributed by atoms with Gasteiger partial charge >= 0.3 is 6.03 Å². The molecule has 0 aliphatic carbocycles. The lowest BCUT2D eigenvalue weighted by molar-refractivity contribution is 0.0843. The van der Waals surface area contributed by atoms with Crippen LogP contribution in [0.5, 0.6) is 0 Å². The number of hydrogen-bond acceptors (Lipinski definition) is 3. The number of hydrogen-bond donors (Lipinski definition) is 2. The van der Waals surface area contributed by atoms with Crippen LogP contribution in [0.15, 0.2) is 42.7 Å². The first-order valence-electron chi connectivity index (χ1n) is 8.02. The fraction of sp³-hybridized carbons (Fsp3) is 0.412. The molecular weight excluding hydrogens is 292 g/mol. The first kappa shape index (κ1) is 15.6. The minimum Gasteiger partial charge on any atom is -0.391 e. The van der Waals surface area contributed by atoms with Crippen molar-refractivity contribution in [3.63, 3.8) is 0 Å². The number of rotatable bonds is 4. The van der Waals surface area contributed by atoms with Crippen LogP contribution in [-0.2, 0) is 6.42 Å². The van der Waals surface area contributed by atoms with Gasteiger partial charge in [0, 0.05) is 25.8 Å². The average molecular weight is 314 g/mol. The van der Waals surface area contributed by atoms with Crippen molar-refractivity contribution >= 4 is 6.03 Å². The summed E-state index contributed by atoms with van der Waals surface area (Å²) in [5, 5.41) is 16.9. The van der Waals surface area contributed by atoms with Crippen molar-refractivity contribution in [2.75, 3.05) is 19.6 Å². The summed E-state index contributed by atoms with van der Waals surface area (Å²) < 4.78 is 1.83. The second kappa shape index (κ2) is 7.28. The lowest BCUT2D eigenvalue weighted by atomic mass is 10.1. The normalized spacial score (nSPS) is 18.0. The molecule has 1 saturated heterocycles. The number of β-amino-alcohol motifs (C(OH)–C–C–N with tert-alkyl or cyclic N) is 1. The van der Waals surface area contributed by atoms with Crippen LogP contribution in [0.3, 0.4) is 0 Å². The van der Waals surface area contributed by atoms with Gasteiger partial charge in [-0.3, -0.25) is 0 Å². The van der Waals surface area contributed by atoms with Crippen molar-refractivity contribution in [1.82, 2.24) is 20.0 Å². The highest BCUT2D eigenvalue weighted by Crippen LogP contribution is 2.10. The fourth-order valence-electron chi connectivity index (χ4n) is 2.78. The molecule has 3 rings (SSSR count). The third-order valence-corrected chi connectivity index (χ3v) is 4.03. The number of para-hydroxylation sites is 1. The summed E-state index contributed by atoms with van der Waals surface area (Å²) in [5.74, 6) is 0. The van der Waals surface area contributed by atoms with E-state index in [4.69, 9.17) is 0 Å². The minimum absolute atomic E-state index is 0.0980. The molecule has 0 saturated carbocycles. The molecule has 6 heteroatoms. The Kier molecular flexibility index (Phi) is 4.92. The number of amides is 2. The smallest absolute Gasteiger partial charge is 0.317 e. The summed E-state index contributed by atoms with van der Waals surface area (Å²) in [6.45, 7) is 1.71. The van der Waals surface area contributed by atoms with Gasteiger partial charge in [-0.05, 0) is 37.0 Å². The van der Waals surface area contributed by atoms with Gasteiger partial charge in [0.15, 0.2) is 0 Å². The Hall–Kier alpha value is -2.34. The number of aromatic nitrogens is 2. The van der Waals surface area contributed by atoms with E-state index in [-0.39, 0.29) is 6.03 Å². The summed E-state index contributed by atoms with van der Waals surface area (Å²) in [6.07, 6.45) is 5.78. The number of likely N-dealkylation sites (tertiary alicyclic amines) is 1. The largest absolute Gasteiger partial charge is 0.391 e. The number of urea groups is 1. The number of carbonyl (C=O) groups is 1. The molecule has 122 valence electrons. The van der Waals surface area contributed by atoms with E-state index in [9.17, 15) is 9.90 Å². The molecule has 0 bridgehead atoms. The Balaban J connectivity index is 1.47. The maximum atomic E-state index is 12.0. The van der Waals surface area contributed by atoms with Crippen LogP contribution < -0.4 is 5.32 Å². The minimum atomic E-state index is -0.390. The standard InChI is InChI=1S/C17H22N4O2/c22-16-7-4-10-20(13-16)17(23)18-9-8-14-11-19-21(12-14)15-5-2-1-3-6-15/h1-3,5-6,11-12,16,22H,4,7-10,13H2,(H,18,23). The molecule has 1 fully saturated rings. The Morgan fingerprint density at radius 1 is 1.35 bits per heavy atom. The summed E-state index contributed by atoms with van der Waals surface area (Å²) in [7, 11) is 0. The summed E-state index contributed by atoms with van der Waals surface area (Å²) in [5.41, 5.74) is 2.10. The van der Waals surface area contributed by atoms with Crippen LogP contribution in [0.2, 0.25) is 0 Å². The molecule has 2 N–H and O–H groups in total. The molecule has 0 spiro atoms. The molecular formula is C17H22N4O2. The monoisotopic (exact) mass is 314 g/mol. The van der Waals surface area contributed by atoms with Gasteiger partial charge in [-0.1, -0.05) is 18.2 Å². The molecule has 1 atom stereocenters. The van der Waals surface area contributed by atoms with Crippen molar-refractivity contribution in [3.8, 4) is 5.69 Å². The van der Waals surface area contributed by atoms with Gasteiger partial charge in [0.2, 0.25) is 0 Å². The van der Waals surface area contributed by atoms with Crippen LogP contribution in [0.25, 0.3) is 5.69 Å². The quantitative estimate of drug-likeness (QED) is 0.900. The SMILES string of the molecule is O=C(NCCc1cnn(-c2ccccc2)c1)N1CCCC(O)C1. The van der Waals surface area contributed by atoms with Crippen molar-refractivity contribution < 1.29 is 9.90 Å². The van der Waals surface area contributed by atoms with E-state index in [2.05, 4.69) is 10.4 Å². The van der Waals surface area contributed by atoms with Crippen LogP contribution >= 0.6 is 0 Å². The Bertz CT molecular complexity index is 641. The van der Waals surface area contributed by atoms with Gasteiger partial charge in [-0.15, -0.1) is 0 Å². The number of benzene rings is 1. The zero-order valence-corrected chi connectivity index (χ0v) is 13.1. The maximum Gasteiger partial charge on any atom is 0.317 e. The van der Waals surface area contributed by atoms with E-state index in [1.165, 1.54) is 0 Å². The number of piperidine rings is 1. The van der Waals surface area contributed by atoms with E-state index in [0.29, 0.717) is 13.1 Å². The van der Waals surface area contributed by atoms with Gasteiger partial charge < -0.3 is 15.3 Å². The van der Waals surface area contributed by atoms with E-state index >= 15 is 0 Å². The van der Waals surface area contributed by atoms with E-state index in [0.717, 1.165) is 37.1 Å². The van der Waals surface area contributed by atoms with Crippen molar-refractivity contribution in [1.29, 1.82) is 0 Å². The van der Waals surface area contributed by atoms with E-state index in [1.807, 2.05) is 47.4 Å². The molecule has 0 radical (unpaired) electrons. The molecule has 1 unspecified atom stereocenters. The van der Waals surface area contributed by atoms with Crippen molar-refractivity contribution in [3.05, 3.63) is 48.3 Å². The first-order chi connectivity index (χ1) is 11.2. The van der Waals surface area contributed by atoms with Gasteiger partial charge in [0.05, 0.1) is 18.0 Å². The molecule has 1 aliphatic heterocycles. The Morgan fingerprint density at radius 2 is 2.17 bits per heavy atom. The lowest BCUT2D eigenvalue weighted by Gasteiger charge is -2.30. The predicted molar refractivity (Wildman–Crippen MR) is 87.5 cm³/mol. The van der Waals surface area contributed by atoms with Gasteiger partial charge in [-0.2, -0.15) is 5.10 Å². The van der Waals surface area contributed by atoms with Crippen LogP contribution in [0, 0.1) is 0 Å². The number of aliphatic hydroxyl groups is 1. The highest BCUT2D eigenvalue weighted by Gasteiger charge is 2.21. The lowest BCUT2D eigenvalue weighted by Crippen LogP contribution is -2.47. The molecule has 2 aromatic rings. The number of nitrogens with one attached hydrogen (secondary N) is 1. The Labute approximate surface area is 135 Å². The summed E-state index contributed by atoms with van der Waals surface area (Å²) >= 11 is 0. The number of aliphatic hydroxyl groups excluding tert-OH is 1. The molecule has 2 amide bonds. The third-order valence-electron chi connectivity index (χ3n) is 4.03. The zero-order valence-electron chi connectivity index (χ0n) is 13.1. The molecule has 23 heavy (non-hydrogen) atoms. The second-order valence-corrected chi connectivity index (χ2v) is 5.85. The third kappa shape index (κ3) is 4.10. The van der Waals surface area contributed by atoms with Crippen LogP contribution in [0.1, 0.15) is 18.4 Å². The van der Waals surface area contributed by atoms with Gasteiger partial charge in [-0.25, -0.2) is 9.48 Å².